The molecule has 0 radical (unpaired) electrons. The van der Waals surface area contributed by atoms with Crippen molar-refractivity contribution < 1.29 is 5.11 Å². The van der Waals surface area contributed by atoms with Crippen LogP contribution in [-0.2, 0) is 0 Å². The highest BCUT2D eigenvalue weighted by Crippen LogP contribution is 2.19. The van der Waals surface area contributed by atoms with E-state index in [-0.39, 0.29) is 6.10 Å². The van der Waals surface area contributed by atoms with Crippen molar-refractivity contribution in [2.45, 2.75) is 32.0 Å². The molecule has 0 amide bonds. The third kappa shape index (κ3) is 2.50. The first-order chi connectivity index (χ1) is 7.18. The normalized spacial score (nSPS) is 29.8. The molecule has 2 N–H and O–H groups in total. The Morgan fingerprint density at radius 2 is 1.80 bits per heavy atom. The van der Waals surface area contributed by atoms with Crippen molar-refractivity contribution in [1.82, 2.24) is 15.1 Å². The van der Waals surface area contributed by atoms with Gasteiger partial charge in [0.05, 0.1) is 6.10 Å². The molecule has 88 valence electrons. The largest absolute Gasteiger partial charge is 0.392 e. The highest BCUT2D eigenvalue weighted by molar-refractivity contribution is 4.93. The van der Waals surface area contributed by atoms with E-state index >= 15 is 0 Å². The van der Waals surface area contributed by atoms with Gasteiger partial charge in [-0.1, -0.05) is 0 Å². The van der Waals surface area contributed by atoms with E-state index in [9.17, 15) is 5.11 Å². The Balaban J connectivity index is 1.72. The number of aliphatic hydroxyl groups is 1. The molecule has 0 bridgehead atoms. The predicted molar refractivity (Wildman–Crippen MR) is 60.9 cm³/mol. The lowest BCUT2D eigenvalue weighted by Crippen LogP contribution is -2.65. The van der Waals surface area contributed by atoms with E-state index in [4.69, 9.17) is 0 Å². The van der Waals surface area contributed by atoms with Crippen LogP contribution < -0.4 is 5.32 Å². The maximum atomic E-state index is 9.49. The van der Waals surface area contributed by atoms with Gasteiger partial charge in [-0.3, -0.25) is 9.80 Å². The van der Waals surface area contributed by atoms with Gasteiger partial charge in [-0.05, 0) is 13.8 Å². The van der Waals surface area contributed by atoms with Crippen molar-refractivity contribution in [2.75, 3.05) is 39.3 Å². The number of hydrogen-bond acceptors (Lipinski definition) is 4. The quantitative estimate of drug-likeness (QED) is 0.653. The molecule has 0 saturated carbocycles. The monoisotopic (exact) mass is 213 g/mol. The Kier molecular flexibility index (Phi) is 3.61. The maximum absolute atomic E-state index is 9.49. The number of rotatable bonds is 3. The lowest BCUT2D eigenvalue weighted by Gasteiger charge is -2.49. The van der Waals surface area contributed by atoms with Crippen LogP contribution in [0.5, 0.6) is 0 Å². The zero-order valence-corrected chi connectivity index (χ0v) is 9.82. The van der Waals surface area contributed by atoms with Gasteiger partial charge < -0.3 is 10.4 Å². The predicted octanol–water partition coefficient (Wildman–Crippen LogP) is -0.655. The third-order valence-electron chi connectivity index (χ3n) is 3.83. The molecular weight excluding hydrogens is 190 g/mol. The van der Waals surface area contributed by atoms with Crippen LogP contribution in [0.1, 0.15) is 13.8 Å². The molecule has 0 aromatic rings. The van der Waals surface area contributed by atoms with Crippen molar-refractivity contribution in [3.8, 4) is 0 Å². The zero-order chi connectivity index (χ0) is 10.8. The summed E-state index contributed by atoms with van der Waals surface area (Å²) in [5, 5.41) is 12.9. The molecule has 0 aliphatic carbocycles. The molecule has 2 fully saturated rings. The summed E-state index contributed by atoms with van der Waals surface area (Å²) in [6.45, 7) is 10.9. The van der Waals surface area contributed by atoms with Gasteiger partial charge in [0.1, 0.15) is 0 Å². The van der Waals surface area contributed by atoms with E-state index in [0.29, 0.717) is 6.04 Å². The summed E-state index contributed by atoms with van der Waals surface area (Å²) in [6.07, 6.45) is -0.214. The Labute approximate surface area is 92.2 Å². The first-order valence-electron chi connectivity index (χ1n) is 6.05. The van der Waals surface area contributed by atoms with E-state index in [2.05, 4.69) is 22.0 Å². The van der Waals surface area contributed by atoms with Crippen molar-refractivity contribution in [2.24, 2.45) is 0 Å². The summed E-state index contributed by atoms with van der Waals surface area (Å²) >= 11 is 0. The van der Waals surface area contributed by atoms with Gasteiger partial charge in [0.2, 0.25) is 0 Å². The van der Waals surface area contributed by atoms with Crippen molar-refractivity contribution in [1.29, 1.82) is 0 Å². The molecule has 2 aliphatic heterocycles. The molecule has 15 heavy (non-hydrogen) atoms. The van der Waals surface area contributed by atoms with Crippen LogP contribution in [0.15, 0.2) is 0 Å². The van der Waals surface area contributed by atoms with Gasteiger partial charge in [0.15, 0.2) is 0 Å². The van der Waals surface area contributed by atoms with E-state index in [0.717, 1.165) is 32.2 Å². The summed E-state index contributed by atoms with van der Waals surface area (Å²) in [7, 11) is 0. The topological polar surface area (TPSA) is 38.7 Å². The van der Waals surface area contributed by atoms with E-state index in [1.54, 1.807) is 0 Å². The van der Waals surface area contributed by atoms with E-state index in [1.807, 2.05) is 6.92 Å². The molecule has 2 heterocycles. The number of nitrogens with zero attached hydrogens (tertiary/aromatic N) is 2. The Morgan fingerprint density at radius 1 is 1.20 bits per heavy atom. The van der Waals surface area contributed by atoms with E-state index < -0.39 is 0 Å². The molecule has 0 spiro atoms. The fraction of sp³-hybridized carbons (Fsp3) is 1.00. The highest BCUT2D eigenvalue weighted by atomic mass is 16.3. The SMILES string of the molecule is CC(O)C(C)N1CC(N2CCNCC2)C1. The van der Waals surface area contributed by atoms with Crippen LogP contribution in [0.4, 0.5) is 0 Å². The Hall–Kier alpha value is -0.160. The second-order valence-corrected chi connectivity index (χ2v) is 4.87. The fourth-order valence-electron chi connectivity index (χ4n) is 2.40. The van der Waals surface area contributed by atoms with Gasteiger partial charge >= 0.3 is 0 Å². The average Bonchev–Trinajstić information content (AvgIpc) is 2.17. The molecule has 2 aliphatic rings. The molecule has 2 unspecified atom stereocenters. The van der Waals surface area contributed by atoms with E-state index in [1.165, 1.54) is 13.1 Å². The van der Waals surface area contributed by atoms with Crippen LogP contribution in [0, 0.1) is 0 Å². The number of piperazine rings is 1. The molecule has 2 rings (SSSR count). The average molecular weight is 213 g/mol. The van der Waals surface area contributed by atoms with Crippen molar-refractivity contribution in [3.05, 3.63) is 0 Å². The second-order valence-electron chi connectivity index (χ2n) is 4.87. The van der Waals surface area contributed by atoms with Gasteiger partial charge in [-0.2, -0.15) is 0 Å². The third-order valence-corrected chi connectivity index (χ3v) is 3.83. The van der Waals surface area contributed by atoms with Crippen LogP contribution in [0.25, 0.3) is 0 Å². The van der Waals surface area contributed by atoms with Gasteiger partial charge in [0, 0.05) is 51.4 Å². The molecule has 4 heteroatoms. The molecular formula is C11H23N3O. The highest BCUT2D eigenvalue weighted by Gasteiger charge is 2.35. The smallest absolute Gasteiger partial charge is 0.0664 e. The summed E-state index contributed by atoms with van der Waals surface area (Å²) in [5.41, 5.74) is 0. The molecule has 2 atom stereocenters. The number of likely N-dealkylation sites (tertiary alicyclic amines) is 1. The van der Waals surface area contributed by atoms with Crippen LogP contribution in [-0.4, -0.2) is 72.4 Å². The lowest BCUT2D eigenvalue weighted by atomic mass is 10.0. The summed E-state index contributed by atoms with van der Waals surface area (Å²) in [4.78, 5) is 4.94. The standard InChI is InChI=1S/C11H23N3O/c1-9(10(2)15)14-7-11(8-14)13-5-3-12-4-6-13/h9-12,15H,3-8H2,1-2H3. The second kappa shape index (κ2) is 4.78. The number of hydrogen-bond donors (Lipinski definition) is 2. The number of nitrogens with one attached hydrogen (secondary N) is 1. The zero-order valence-electron chi connectivity index (χ0n) is 9.82. The first-order valence-corrected chi connectivity index (χ1v) is 6.05. The summed E-state index contributed by atoms with van der Waals surface area (Å²) < 4.78 is 0. The Bertz CT molecular complexity index is 198. The van der Waals surface area contributed by atoms with Crippen molar-refractivity contribution >= 4 is 0 Å². The van der Waals surface area contributed by atoms with Crippen LogP contribution >= 0.6 is 0 Å². The van der Waals surface area contributed by atoms with Crippen LogP contribution in [0.2, 0.25) is 0 Å². The minimum absolute atomic E-state index is 0.214. The van der Waals surface area contributed by atoms with Gasteiger partial charge in [0.25, 0.3) is 0 Å². The minimum atomic E-state index is -0.214. The Morgan fingerprint density at radius 3 is 2.33 bits per heavy atom. The molecule has 0 aromatic heterocycles. The summed E-state index contributed by atoms with van der Waals surface area (Å²) in [6, 6.07) is 1.04. The number of aliphatic hydroxyl groups excluding tert-OH is 1. The maximum Gasteiger partial charge on any atom is 0.0664 e. The minimum Gasteiger partial charge on any atom is -0.392 e. The molecule has 4 nitrogen and oxygen atoms in total. The fourth-order valence-corrected chi connectivity index (χ4v) is 2.40. The first kappa shape index (κ1) is 11.3. The van der Waals surface area contributed by atoms with Crippen LogP contribution in [0.3, 0.4) is 0 Å². The van der Waals surface area contributed by atoms with Gasteiger partial charge in [-0.15, -0.1) is 0 Å². The molecule has 2 saturated heterocycles. The summed E-state index contributed by atoms with van der Waals surface area (Å²) in [5.74, 6) is 0. The lowest BCUT2D eigenvalue weighted by molar-refractivity contribution is -0.0308. The van der Waals surface area contributed by atoms with Gasteiger partial charge in [-0.25, -0.2) is 0 Å². The van der Waals surface area contributed by atoms with Crippen molar-refractivity contribution in [3.63, 3.8) is 0 Å². The molecule has 0 aromatic carbocycles.